The molecule has 2 N–H and O–H groups in total. The van der Waals surface area contributed by atoms with Gasteiger partial charge in [0, 0.05) is 17.8 Å². The lowest BCUT2D eigenvalue weighted by atomic mass is 9.99. The Balaban J connectivity index is 1.73. The van der Waals surface area contributed by atoms with Crippen LogP contribution in [0.1, 0.15) is 23.6 Å². The first-order valence-electron chi connectivity index (χ1n) is 9.08. The molecule has 4 nitrogen and oxygen atoms in total. The van der Waals surface area contributed by atoms with Gasteiger partial charge in [-0.05, 0) is 42.3 Å². The number of nitrogens with one attached hydrogen (secondary N) is 1. The Labute approximate surface area is 162 Å². The predicted octanol–water partition coefficient (Wildman–Crippen LogP) is 4.09. The molecular weight excluding hydrogens is 369 g/mol. The van der Waals surface area contributed by atoms with Crippen LogP contribution in [0.3, 0.4) is 0 Å². The Hall–Kier alpha value is -2.67. The second-order valence-electron chi connectivity index (χ2n) is 6.66. The zero-order chi connectivity index (χ0) is 20.3. The molecule has 2 aromatic rings. The molecule has 0 amide bonds. The summed E-state index contributed by atoms with van der Waals surface area (Å²) in [5.41, 5.74) is 1.01. The second-order valence-corrected chi connectivity index (χ2v) is 6.66. The predicted molar refractivity (Wildman–Crippen MR) is 102 cm³/mol. The van der Waals surface area contributed by atoms with E-state index in [-0.39, 0.29) is 24.8 Å². The number of rotatable bonds is 6. The molecular formula is C21H23F3N2O2. The molecule has 1 saturated heterocycles. The Kier molecular flexibility index (Phi) is 5.84. The lowest BCUT2D eigenvalue weighted by Crippen LogP contribution is -2.26. The van der Waals surface area contributed by atoms with Crippen LogP contribution in [0.5, 0.6) is 5.75 Å². The van der Waals surface area contributed by atoms with E-state index < -0.39 is 11.7 Å². The number of aliphatic hydroxyl groups excluding tert-OH is 1. The average molecular weight is 392 g/mol. The van der Waals surface area contributed by atoms with Crippen LogP contribution < -0.4 is 15.0 Å². The summed E-state index contributed by atoms with van der Waals surface area (Å²) in [5, 5.41) is 12.4. The summed E-state index contributed by atoms with van der Waals surface area (Å²) in [6.45, 7) is 6.20. The fourth-order valence-electron chi connectivity index (χ4n) is 3.33. The van der Waals surface area contributed by atoms with Crippen LogP contribution in [-0.4, -0.2) is 24.3 Å². The number of aliphatic hydroxyl groups is 1. The van der Waals surface area contributed by atoms with Gasteiger partial charge in [-0.15, -0.1) is 0 Å². The van der Waals surface area contributed by atoms with Crippen LogP contribution in [0.15, 0.2) is 54.9 Å². The van der Waals surface area contributed by atoms with E-state index in [1.807, 2.05) is 24.0 Å². The van der Waals surface area contributed by atoms with Crippen molar-refractivity contribution in [2.75, 3.05) is 18.1 Å². The summed E-state index contributed by atoms with van der Waals surface area (Å²) in [6.07, 6.45) is -3.92. The van der Waals surface area contributed by atoms with Gasteiger partial charge in [-0.3, -0.25) is 0 Å². The van der Waals surface area contributed by atoms with Crippen molar-refractivity contribution in [1.29, 1.82) is 0 Å². The van der Waals surface area contributed by atoms with Crippen LogP contribution in [0, 0.1) is 0 Å². The van der Waals surface area contributed by atoms with Gasteiger partial charge in [-0.1, -0.05) is 25.6 Å². The first kappa shape index (κ1) is 20.1. The maximum absolute atomic E-state index is 13.3. The molecule has 1 unspecified atom stereocenters. The Morgan fingerprint density at radius 2 is 1.93 bits per heavy atom. The SMILES string of the molecule is C=C1NC(CO)CN1c1ccc(OCc2c(CC)cccc2C(F)(F)F)cc1. The van der Waals surface area contributed by atoms with Gasteiger partial charge >= 0.3 is 6.18 Å². The maximum atomic E-state index is 13.3. The highest BCUT2D eigenvalue weighted by Gasteiger charge is 2.34. The third kappa shape index (κ3) is 4.25. The van der Waals surface area contributed by atoms with Crippen molar-refractivity contribution in [3.05, 3.63) is 71.6 Å². The molecule has 3 rings (SSSR count). The molecule has 1 aliphatic rings. The van der Waals surface area contributed by atoms with E-state index in [2.05, 4.69) is 11.9 Å². The lowest BCUT2D eigenvalue weighted by molar-refractivity contribution is -0.138. The zero-order valence-electron chi connectivity index (χ0n) is 15.6. The molecule has 1 atom stereocenters. The summed E-state index contributed by atoms with van der Waals surface area (Å²) in [4.78, 5) is 1.93. The molecule has 2 aromatic carbocycles. The average Bonchev–Trinajstić information content (AvgIpc) is 3.06. The zero-order valence-corrected chi connectivity index (χ0v) is 15.6. The smallest absolute Gasteiger partial charge is 0.416 e. The van der Waals surface area contributed by atoms with Gasteiger partial charge in [0.05, 0.1) is 24.0 Å². The van der Waals surface area contributed by atoms with Crippen molar-refractivity contribution in [2.24, 2.45) is 0 Å². The van der Waals surface area contributed by atoms with E-state index in [1.165, 1.54) is 6.07 Å². The van der Waals surface area contributed by atoms with Crippen molar-refractivity contribution in [3.63, 3.8) is 0 Å². The molecule has 0 radical (unpaired) electrons. The molecule has 0 spiro atoms. The van der Waals surface area contributed by atoms with Crippen molar-refractivity contribution < 1.29 is 23.0 Å². The number of benzene rings is 2. The first-order chi connectivity index (χ1) is 13.3. The number of hydrogen-bond acceptors (Lipinski definition) is 4. The van der Waals surface area contributed by atoms with E-state index in [4.69, 9.17) is 4.74 Å². The van der Waals surface area contributed by atoms with E-state index in [1.54, 1.807) is 18.2 Å². The summed E-state index contributed by atoms with van der Waals surface area (Å²) < 4.78 is 45.6. The van der Waals surface area contributed by atoms with Crippen molar-refractivity contribution >= 4 is 5.69 Å². The quantitative estimate of drug-likeness (QED) is 0.777. The van der Waals surface area contributed by atoms with Crippen molar-refractivity contribution in [1.82, 2.24) is 5.32 Å². The molecule has 150 valence electrons. The summed E-state index contributed by atoms with van der Waals surface area (Å²) in [5.74, 6) is 1.18. The highest BCUT2D eigenvalue weighted by atomic mass is 19.4. The molecule has 0 saturated carbocycles. The topological polar surface area (TPSA) is 44.7 Å². The van der Waals surface area contributed by atoms with Gasteiger partial charge in [0.15, 0.2) is 0 Å². The van der Waals surface area contributed by atoms with Crippen LogP contribution in [0.2, 0.25) is 0 Å². The molecule has 1 aliphatic heterocycles. The fourth-order valence-corrected chi connectivity index (χ4v) is 3.33. The minimum atomic E-state index is -4.42. The molecule has 0 bridgehead atoms. The third-order valence-electron chi connectivity index (χ3n) is 4.81. The largest absolute Gasteiger partial charge is 0.489 e. The number of halogens is 3. The number of hydrogen-bond donors (Lipinski definition) is 2. The van der Waals surface area contributed by atoms with Gasteiger partial charge in [-0.25, -0.2) is 0 Å². The number of alkyl halides is 3. The Morgan fingerprint density at radius 1 is 1.21 bits per heavy atom. The molecule has 1 heterocycles. The van der Waals surface area contributed by atoms with Gasteiger partial charge < -0.3 is 20.1 Å². The Bertz CT molecular complexity index is 835. The minimum absolute atomic E-state index is 0.00902. The summed E-state index contributed by atoms with van der Waals surface area (Å²) >= 11 is 0. The summed E-state index contributed by atoms with van der Waals surface area (Å²) in [6, 6.07) is 11.2. The van der Waals surface area contributed by atoms with Gasteiger partial charge in [-0.2, -0.15) is 13.2 Å². The van der Waals surface area contributed by atoms with Gasteiger partial charge in [0.2, 0.25) is 0 Å². The molecule has 7 heteroatoms. The number of anilines is 1. The highest BCUT2D eigenvalue weighted by Crippen LogP contribution is 2.34. The molecule has 1 fully saturated rings. The van der Waals surface area contributed by atoms with Crippen LogP contribution in [0.25, 0.3) is 0 Å². The fraction of sp³-hybridized carbons (Fsp3) is 0.333. The van der Waals surface area contributed by atoms with Crippen LogP contribution in [0.4, 0.5) is 18.9 Å². The highest BCUT2D eigenvalue weighted by molar-refractivity contribution is 5.55. The van der Waals surface area contributed by atoms with E-state index in [0.29, 0.717) is 30.1 Å². The molecule has 0 aliphatic carbocycles. The molecule has 0 aromatic heterocycles. The first-order valence-corrected chi connectivity index (χ1v) is 9.08. The lowest BCUT2D eigenvalue weighted by Gasteiger charge is -2.19. The maximum Gasteiger partial charge on any atom is 0.416 e. The third-order valence-corrected chi connectivity index (χ3v) is 4.81. The molecule has 28 heavy (non-hydrogen) atoms. The summed E-state index contributed by atoms with van der Waals surface area (Å²) in [7, 11) is 0. The van der Waals surface area contributed by atoms with E-state index >= 15 is 0 Å². The standard InChI is InChI=1S/C21H23F3N2O2/c1-3-15-5-4-6-20(21(22,23)24)19(15)13-28-18-9-7-17(8-10-18)26-11-16(12-27)25-14(26)2/h4-10,16,25,27H,2-3,11-13H2,1H3. The van der Waals surface area contributed by atoms with Crippen molar-refractivity contribution in [3.8, 4) is 5.75 Å². The van der Waals surface area contributed by atoms with Crippen LogP contribution in [-0.2, 0) is 19.2 Å². The number of ether oxygens (including phenoxy) is 1. The normalized spacial score (nSPS) is 17.0. The van der Waals surface area contributed by atoms with Gasteiger partial charge in [0.1, 0.15) is 12.4 Å². The number of aryl methyl sites for hydroxylation is 1. The van der Waals surface area contributed by atoms with Crippen LogP contribution >= 0.6 is 0 Å². The minimum Gasteiger partial charge on any atom is -0.489 e. The van der Waals surface area contributed by atoms with E-state index in [0.717, 1.165) is 11.8 Å². The Morgan fingerprint density at radius 3 is 2.50 bits per heavy atom. The van der Waals surface area contributed by atoms with Crippen molar-refractivity contribution in [2.45, 2.75) is 32.2 Å². The monoisotopic (exact) mass is 392 g/mol. The van der Waals surface area contributed by atoms with E-state index in [9.17, 15) is 18.3 Å². The number of nitrogens with zero attached hydrogens (tertiary/aromatic N) is 1. The van der Waals surface area contributed by atoms with Gasteiger partial charge in [0.25, 0.3) is 0 Å². The second kappa shape index (κ2) is 8.14.